The van der Waals surface area contributed by atoms with Crippen molar-refractivity contribution in [3.05, 3.63) is 23.3 Å². The van der Waals surface area contributed by atoms with Gasteiger partial charge in [0.2, 0.25) is 0 Å². The summed E-state index contributed by atoms with van der Waals surface area (Å²) in [5.74, 6) is 0.962. The van der Waals surface area contributed by atoms with Crippen LogP contribution in [0.2, 0.25) is 0 Å². The van der Waals surface area contributed by atoms with Crippen molar-refractivity contribution in [1.29, 1.82) is 0 Å². The van der Waals surface area contributed by atoms with Crippen molar-refractivity contribution in [2.45, 2.75) is 32.7 Å². The van der Waals surface area contributed by atoms with Crippen LogP contribution in [0.15, 0.2) is 12.1 Å². The summed E-state index contributed by atoms with van der Waals surface area (Å²) in [6, 6.07) is 5.03. The lowest BCUT2D eigenvalue weighted by molar-refractivity contribution is 0.411. The van der Waals surface area contributed by atoms with Crippen molar-refractivity contribution in [2.75, 3.05) is 25.5 Å². The van der Waals surface area contributed by atoms with Gasteiger partial charge in [-0.25, -0.2) is 0 Å². The highest BCUT2D eigenvalue weighted by Gasteiger charge is 2.19. The van der Waals surface area contributed by atoms with Crippen LogP contribution in [0.4, 0.5) is 5.69 Å². The number of aryl methyl sites for hydroxylation is 2. The third-order valence-electron chi connectivity index (χ3n) is 3.19. The smallest absolute Gasteiger partial charge is 0.122 e. The van der Waals surface area contributed by atoms with Gasteiger partial charge in [-0.05, 0) is 49.9 Å². The van der Waals surface area contributed by atoms with Crippen LogP contribution < -0.4 is 15.4 Å². The molecule has 0 atom stereocenters. The van der Waals surface area contributed by atoms with E-state index in [1.807, 2.05) is 0 Å². The second kappa shape index (κ2) is 5.41. The first-order valence-electron chi connectivity index (χ1n) is 6.33. The van der Waals surface area contributed by atoms with Crippen LogP contribution >= 0.6 is 0 Å². The van der Waals surface area contributed by atoms with Crippen LogP contribution in [0.5, 0.6) is 5.75 Å². The molecule has 0 amide bonds. The minimum absolute atomic E-state index is 0.788. The molecule has 0 aromatic heterocycles. The zero-order valence-electron chi connectivity index (χ0n) is 11.0. The molecule has 1 fully saturated rings. The Labute approximate surface area is 104 Å². The number of ether oxygens (including phenoxy) is 1. The highest BCUT2D eigenvalue weighted by atomic mass is 16.5. The molecule has 0 spiro atoms. The third kappa shape index (κ3) is 3.37. The van der Waals surface area contributed by atoms with E-state index >= 15 is 0 Å². The molecular weight excluding hydrogens is 212 g/mol. The maximum absolute atomic E-state index is 5.31. The molecular formula is C14H22N2O. The summed E-state index contributed by atoms with van der Waals surface area (Å²) in [6.45, 7) is 6.20. The third-order valence-corrected chi connectivity index (χ3v) is 3.19. The lowest BCUT2D eigenvalue weighted by atomic mass is 10.1. The first-order valence-corrected chi connectivity index (χ1v) is 6.33. The lowest BCUT2D eigenvalue weighted by Crippen LogP contribution is -2.24. The Hall–Kier alpha value is -1.22. The molecule has 1 aromatic carbocycles. The molecule has 1 aliphatic rings. The van der Waals surface area contributed by atoms with Gasteiger partial charge in [0.05, 0.1) is 7.11 Å². The zero-order valence-corrected chi connectivity index (χ0v) is 11.0. The maximum atomic E-state index is 5.31. The Morgan fingerprint density at radius 2 is 1.94 bits per heavy atom. The van der Waals surface area contributed by atoms with E-state index in [4.69, 9.17) is 4.74 Å². The molecule has 1 aromatic rings. The Balaban J connectivity index is 1.88. The van der Waals surface area contributed by atoms with Gasteiger partial charge in [-0.1, -0.05) is 0 Å². The summed E-state index contributed by atoms with van der Waals surface area (Å²) in [6.07, 6.45) is 2.70. The molecule has 0 radical (unpaired) electrons. The van der Waals surface area contributed by atoms with E-state index in [1.54, 1.807) is 7.11 Å². The van der Waals surface area contributed by atoms with E-state index in [9.17, 15) is 0 Å². The summed E-state index contributed by atoms with van der Waals surface area (Å²) in [5, 5.41) is 6.97. The van der Waals surface area contributed by atoms with Gasteiger partial charge in [-0.2, -0.15) is 0 Å². The molecule has 1 aliphatic carbocycles. The van der Waals surface area contributed by atoms with Crippen molar-refractivity contribution in [3.8, 4) is 5.75 Å². The predicted octanol–water partition coefficient (Wildman–Crippen LogP) is 2.48. The number of rotatable bonds is 6. The van der Waals surface area contributed by atoms with Crippen molar-refractivity contribution < 1.29 is 4.74 Å². The van der Waals surface area contributed by atoms with Gasteiger partial charge >= 0.3 is 0 Å². The van der Waals surface area contributed by atoms with E-state index in [1.165, 1.54) is 29.7 Å². The van der Waals surface area contributed by atoms with Gasteiger partial charge in [0.25, 0.3) is 0 Å². The SMILES string of the molecule is COc1cc(C)c(NCCNC2CC2)cc1C. The van der Waals surface area contributed by atoms with E-state index in [0.29, 0.717) is 0 Å². The molecule has 3 nitrogen and oxygen atoms in total. The minimum atomic E-state index is 0.788. The Kier molecular flexibility index (Phi) is 3.89. The fraction of sp³-hybridized carbons (Fsp3) is 0.571. The quantitative estimate of drug-likeness (QED) is 0.742. The van der Waals surface area contributed by atoms with Crippen LogP contribution in [0, 0.1) is 13.8 Å². The normalized spacial score (nSPS) is 14.8. The number of anilines is 1. The number of nitrogens with one attached hydrogen (secondary N) is 2. The average Bonchev–Trinajstić information content (AvgIpc) is 3.12. The molecule has 0 bridgehead atoms. The molecule has 2 N–H and O–H groups in total. The first kappa shape index (κ1) is 12.2. The van der Waals surface area contributed by atoms with E-state index in [-0.39, 0.29) is 0 Å². The van der Waals surface area contributed by atoms with Crippen LogP contribution in [0.3, 0.4) is 0 Å². The molecule has 0 aliphatic heterocycles. The molecule has 0 heterocycles. The van der Waals surface area contributed by atoms with Gasteiger partial charge in [0, 0.05) is 24.8 Å². The average molecular weight is 234 g/mol. The Morgan fingerprint density at radius 1 is 1.18 bits per heavy atom. The summed E-state index contributed by atoms with van der Waals surface area (Å²) in [7, 11) is 1.72. The fourth-order valence-electron chi connectivity index (χ4n) is 1.96. The van der Waals surface area contributed by atoms with Crippen molar-refractivity contribution in [2.24, 2.45) is 0 Å². The number of methoxy groups -OCH3 is 1. The maximum Gasteiger partial charge on any atom is 0.122 e. The number of hydrogen-bond acceptors (Lipinski definition) is 3. The van der Waals surface area contributed by atoms with Gasteiger partial charge in [0.15, 0.2) is 0 Å². The largest absolute Gasteiger partial charge is 0.496 e. The molecule has 1 saturated carbocycles. The minimum Gasteiger partial charge on any atom is -0.496 e. The first-order chi connectivity index (χ1) is 8.20. The monoisotopic (exact) mass is 234 g/mol. The number of hydrogen-bond donors (Lipinski definition) is 2. The van der Waals surface area contributed by atoms with Crippen LogP contribution in [0.25, 0.3) is 0 Å². The predicted molar refractivity (Wildman–Crippen MR) is 72.0 cm³/mol. The van der Waals surface area contributed by atoms with Crippen molar-refractivity contribution in [1.82, 2.24) is 5.32 Å². The van der Waals surface area contributed by atoms with Crippen molar-refractivity contribution in [3.63, 3.8) is 0 Å². The standard InChI is InChI=1S/C14H22N2O/c1-10-9-14(17-3)11(2)8-13(10)16-7-6-15-12-4-5-12/h8-9,12,15-16H,4-7H2,1-3H3. The van der Waals surface area contributed by atoms with Gasteiger partial charge < -0.3 is 15.4 Å². The highest BCUT2D eigenvalue weighted by Crippen LogP contribution is 2.25. The second-order valence-corrected chi connectivity index (χ2v) is 4.79. The van der Waals surface area contributed by atoms with Gasteiger partial charge in [0.1, 0.15) is 5.75 Å². The molecule has 0 saturated heterocycles. The van der Waals surface area contributed by atoms with Crippen LogP contribution in [-0.4, -0.2) is 26.2 Å². The van der Waals surface area contributed by atoms with E-state index in [0.717, 1.165) is 24.9 Å². The van der Waals surface area contributed by atoms with E-state index < -0.39 is 0 Å². The summed E-state index contributed by atoms with van der Waals surface area (Å²) in [5.41, 5.74) is 3.62. The van der Waals surface area contributed by atoms with Crippen LogP contribution in [0.1, 0.15) is 24.0 Å². The van der Waals surface area contributed by atoms with Crippen molar-refractivity contribution >= 4 is 5.69 Å². The fourth-order valence-corrected chi connectivity index (χ4v) is 1.96. The van der Waals surface area contributed by atoms with Gasteiger partial charge in [-0.15, -0.1) is 0 Å². The summed E-state index contributed by atoms with van der Waals surface area (Å²) >= 11 is 0. The Morgan fingerprint density at radius 3 is 2.59 bits per heavy atom. The Bertz CT molecular complexity index is 386. The van der Waals surface area contributed by atoms with Gasteiger partial charge in [-0.3, -0.25) is 0 Å². The van der Waals surface area contributed by atoms with E-state index in [2.05, 4.69) is 36.6 Å². The topological polar surface area (TPSA) is 33.3 Å². The summed E-state index contributed by atoms with van der Waals surface area (Å²) in [4.78, 5) is 0. The summed E-state index contributed by atoms with van der Waals surface area (Å²) < 4.78 is 5.31. The lowest BCUT2D eigenvalue weighted by Gasteiger charge is -2.13. The molecule has 0 unspecified atom stereocenters. The number of benzene rings is 1. The second-order valence-electron chi connectivity index (χ2n) is 4.79. The molecule has 3 heteroatoms. The zero-order chi connectivity index (χ0) is 12.3. The molecule has 94 valence electrons. The highest BCUT2D eigenvalue weighted by molar-refractivity contribution is 5.56. The molecule has 2 rings (SSSR count). The van der Waals surface area contributed by atoms with Crippen LogP contribution in [-0.2, 0) is 0 Å². The molecule has 17 heavy (non-hydrogen) atoms.